The zero-order chi connectivity index (χ0) is 19.9. The second-order valence-electron chi connectivity index (χ2n) is 8.53. The molecule has 0 saturated carbocycles. The highest BCUT2D eigenvalue weighted by Gasteiger charge is 2.30. The fraction of sp³-hybridized carbons (Fsp3) is 0.652. The van der Waals surface area contributed by atoms with Crippen LogP contribution in [0.4, 0.5) is 0 Å². The molecule has 2 atom stereocenters. The predicted octanol–water partition coefficient (Wildman–Crippen LogP) is 2.99. The molecule has 2 heterocycles. The van der Waals surface area contributed by atoms with Crippen molar-refractivity contribution in [2.24, 2.45) is 0 Å². The van der Waals surface area contributed by atoms with Gasteiger partial charge in [-0.2, -0.15) is 0 Å². The molecule has 0 unspecified atom stereocenters. The van der Waals surface area contributed by atoms with Gasteiger partial charge in [-0.25, -0.2) is 0 Å². The average Bonchev–Trinajstić information content (AvgIpc) is 2.68. The summed E-state index contributed by atoms with van der Waals surface area (Å²) < 4.78 is 0. The highest BCUT2D eigenvalue weighted by molar-refractivity contribution is 5.79. The highest BCUT2D eigenvalue weighted by Crippen LogP contribution is 2.23. The van der Waals surface area contributed by atoms with Crippen molar-refractivity contribution >= 4 is 11.8 Å². The summed E-state index contributed by atoms with van der Waals surface area (Å²) in [6.45, 7) is 6.62. The molecule has 2 fully saturated rings. The van der Waals surface area contributed by atoms with Gasteiger partial charge < -0.3 is 10.2 Å². The molecular formula is C23H35N3O2. The molecule has 2 aliphatic heterocycles. The van der Waals surface area contributed by atoms with Crippen molar-refractivity contribution in [2.75, 3.05) is 19.6 Å². The molecule has 0 spiro atoms. The number of carbonyl (C=O) groups excluding carboxylic acids is 2. The summed E-state index contributed by atoms with van der Waals surface area (Å²) in [4.78, 5) is 29.4. The van der Waals surface area contributed by atoms with Gasteiger partial charge in [0.25, 0.3) is 0 Å². The van der Waals surface area contributed by atoms with E-state index in [-0.39, 0.29) is 17.9 Å². The van der Waals surface area contributed by atoms with Gasteiger partial charge in [-0.05, 0) is 57.9 Å². The quantitative estimate of drug-likeness (QED) is 0.819. The minimum atomic E-state index is 0.134. The average molecular weight is 386 g/mol. The van der Waals surface area contributed by atoms with Crippen molar-refractivity contribution < 1.29 is 9.59 Å². The van der Waals surface area contributed by atoms with Crippen LogP contribution in [-0.4, -0.2) is 59.4 Å². The Balaban J connectivity index is 1.37. The van der Waals surface area contributed by atoms with E-state index in [1.54, 1.807) is 0 Å². The van der Waals surface area contributed by atoms with Crippen molar-refractivity contribution in [1.29, 1.82) is 0 Å². The molecule has 0 aliphatic carbocycles. The van der Waals surface area contributed by atoms with Gasteiger partial charge in [0.05, 0.1) is 6.54 Å². The number of amides is 2. The van der Waals surface area contributed by atoms with Crippen molar-refractivity contribution in [2.45, 2.75) is 76.9 Å². The summed E-state index contributed by atoms with van der Waals surface area (Å²) in [5, 5.41) is 3.18. The Hall–Kier alpha value is -1.88. The Morgan fingerprint density at radius 1 is 1.00 bits per heavy atom. The van der Waals surface area contributed by atoms with Crippen LogP contribution in [0.2, 0.25) is 0 Å². The molecule has 0 bridgehead atoms. The van der Waals surface area contributed by atoms with E-state index in [1.165, 1.54) is 12.0 Å². The largest absolute Gasteiger partial charge is 0.353 e. The van der Waals surface area contributed by atoms with E-state index in [0.29, 0.717) is 25.0 Å². The van der Waals surface area contributed by atoms with E-state index in [2.05, 4.69) is 41.1 Å². The number of likely N-dealkylation sites (tertiary alicyclic amines) is 2. The molecule has 5 heteroatoms. The first-order chi connectivity index (χ1) is 13.5. The van der Waals surface area contributed by atoms with Crippen LogP contribution in [0.15, 0.2) is 30.3 Å². The third-order valence-corrected chi connectivity index (χ3v) is 6.28. The number of hydrogen-bond donors (Lipinski definition) is 1. The molecule has 0 aromatic heterocycles. The summed E-state index contributed by atoms with van der Waals surface area (Å²) in [5.41, 5.74) is 1.20. The maximum absolute atomic E-state index is 12.8. The van der Waals surface area contributed by atoms with Crippen LogP contribution in [0.3, 0.4) is 0 Å². The Morgan fingerprint density at radius 3 is 2.29 bits per heavy atom. The zero-order valence-corrected chi connectivity index (χ0v) is 17.4. The van der Waals surface area contributed by atoms with Gasteiger partial charge in [0.1, 0.15) is 0 Å². The van der Waals surface area contributed by atoms with E-state index in [0.717, 1.165) is 45.2 Å². The number of hydrogen-bond acceptors (Lipinski definition) is 3. The Labute approximate surface area is 169 Å². The third kappa shape index (κ3) is 5.81. The maximum atomic E-state index is 12.8. The molecule has 0 radical (unpaired) electrons. The Bertz CT molecular complexity index is 631. The molecule has 1 aromatic rings. The minimum absolute atomic E-state index is 0.134. The molecule has 1 aromatic carbocycles. The van der Waals surface area contributed by atoms with Gasteiger partial charge in [-0.1, -0.05) is 30.3 Å². The topological polar surface area (TPSA) is 52.7 Å². The molecule has 154 valence electrons. The van der Waals surface area contributed by atoms with Gasteiger partial charge in [0, 0.05) is 37.6 Å². The molecule has 2 amide bonds. The lowest BCUT2D eigenvalue weighted by Crippen LogP contribution is -2.53. The molecular weight excluding hydrogens is 350 g/mol. The van der Waals surface area contributed by atoms with E-state index in [1.807, 2.05) is 18.2 Å². The number of nitrogens with one attached hydrogen (secondary N) is 1. The summed E-state index contributed by atoms with van der Waals surface area (Å²) in [6.07, 6.45) is 6.63. The van der Waals surface area contributed by atoms with Crippen LogP contribution in [-0.2, 0) is 16.0 Å². The third-order valence-electron chi connectivity index (χ3n) is 6.28. The number of aryl methyl sites for hydroxylation is 1. The standard InChI is InChI=1S/C23H35N3O2/c1-18-7-6-8-19(2)26(18)23(28)17-25-15-13-21(14-16-25)24-22(27)12-11-20-9-4-3-5-10-20/h3-5,9-10,18-19,21H,6-8,11-17H2,1-2H3,(H,24,27)/t18-,19+. The van der Waals surface area contributed by atoms with Gasteiger partial charge >= 0.3 is 0 Å². The molecule has 28 heavy (non-hydrogen) atoms. The van der Waals surface area contributed by atoms with Crippen molar-refractivity contribution in [3.8, 4) is 0 Å². The van der Waals surface area contributed by atoms with Gasteiger partial charge in [0.2, 0.25) is 11.8 Å². The Kier molecular flexibility index (Phi) is 7.49. The van der Waals surface area contributed by atoms with E-state index >= 15 is 0 Å². The van der Waals surface area contributed by atoms with Crippen LogP contribution in [0.25, 0.3) is 0 Å². The Morgan fingerprint density at radius 2 is 1.64 bits per heavy atom. The highest BCUT2D eigenvalue weighted by atomic mass is 16.2. The zero-order valence-electron chi connectivity index (χ0n) is 17.4. The van der Waals surface area contributed by atoms with E-state index in [9.17, 15) is 9.59 Å². The summed E-state index contributed by atoms with van der Waals surface area (Å²) in [5.74, 6) is 0.402. The fourth-order valence-corrected chi connectivity index (χ4v) is 4.62. The number of benzene rings is 1. The van der Waals surface area contributed by atoms with Crippen molar-refractivity contribution in [3.63, 3.8) is 0 Å². The number of piperidine rings is 2. The van der Waals surface area contributed by atoms with Gasteiger partial charge in [-0.3, -0.25) is 14.5 Å². The minimum Gasteiger partial charge on any atom is -0.353 e. The summed E-state index contributed by atoms with van der Waals surface area (Å²) in [6, 6.07) is 11.1. The van der Waals surface area contributed by atoms with Crippen molar-refractivity contribution in [1.82, 2.24) is 15.1 Å². The number of rotatable bonds is 6. The molecule has 5 nitrogen and oxygen atoms in total. The fourth-order valence-electron chi connectivity index (χ4n) is 4.62. The molecule has 1 N–H and O–H groups in total. The van der Waals surface area contributed by atoms with Crippen LogP contribution in [0.1, 0.15) is 57.9 Å². The first-order valence-electron chi connectivity index (χ1n) is 10.9. The smallest absolute Gasteiger partial charge is 0.237 e. The van der Waals surface area contributed by atoms with E-state index < -0.39 is 0 Å². The maximum Gasteiger partial charge on any atom is 0.237 e. The van der Waals surface area contributed by atoms with Gasteiger partial charge in [0.15, 0.2) is 0 Å². The predicted molar refractivity (Wildman–Crippen MR) is 112 cm³/mol. The SMILES string of the molecule is C[C@@H]1CCC[C@H](C)N1C(=O)CN1CCC(NC(=O)CCc2ccccc2)CC1. The number of nitrogens with zero attached hydrogens (tertiary/aromatic N) is 2. The lowest BCUT2D eigenvalue weighted by Gasteiger charge is -2.41. The number of carbonyl (C=O) groups is 2. The monoisotopic (exact) mass is 385 g/mol. The molecule has 2 saturated heterocycles. The first kappa shape index (κ1) is 20.8. The normalized spacial score (nSPS) is 24.1. The van der Waals surface area contributed by atoms with Crippen LogP contribution in [0, 0.1) is 0 Å². The molecule has 2 aliphatic rings. The molecule has 3 rings (SSSR count). The van der Waals surface area contributed by atoms with Crippen LogP contribution < -0.4 is 5.32 Å². The lowest BCUT2D eigenvalue weighted by molar-refractivity contribution is -0.139. The van der Waals surface area contributed by atoms with Crippen LogP contribution >= 0.6 is 0 Å². The second-order valence-corrected chi connectivity index (χ2v) is 8.53. The van der Waals surface area contributed by atoms with Gasteiger partial charge in [-0.15, -0.1) is 0 Å². The van der Waals surface area contributed by atoms with Crippen LogP contribution in [0.5, 0.6) is 0 Å². The first-order valence-corrected chi connectivity index (χ1v) is 10.9. The van der Waals surface area contributed by atoms with E-state index in [4.69, 9.17) is 0 Å². The van der Waals surface area contributed by atoms with Crippen molar-refractivity contribution in [3.05, 3.63) is 35.9 Å². The lowest BCUT2D eigenvalue weighted by atomic mass is 9.97. The summed E-state index contributed by atoms with van der Waals surface area (Å²) >= 11 is 0. The second kappa shape index (κ2) is 10.1. The summed E-state index contributed by atoms with van der Waals surface area (Å²) in [7, 11) is 0.